The van der Waals surface area contributed by atoms with Crippen LogP contribution in [-0.4, -0.2) is 53.8 Å². The molecular formula is C14H16N2O3. The summed E-state index contributed by atoms with van der Waals surface area (Å²) in [7, 11) is 0. The highest BCUT2D eigenvalue weighted by atomic mass is 16.5. The van der Waals surface area contributed by atoms with E-state index in [9.17, 15) is 4.79 Å². The van der Waals surface area contributed by atoms with Crippen molar-refractivity contribution in [2.45, 2.75) is 6.42 Å². The summed E-state index contributed by atoms with van der Waals surface area (Å²) in [6.45, 7) is 2.40. The van der Waals surface area contributed by atoms with Crippen molar-refractivity contribution in [1.82, 2.24) is 9.88 Å². The topological polar surface area (TPSA) is 62.7 Å². The van der Waals surface area contributed by atoms with E-state index in [0.717, 1.165) is 6.42 Å². The number of rotatable bonds is 1. The van der Waals surface area contributed by atoms with Crippen LogP contribution in [0.3, 0.4) is 0 Å². The maximum atomic E-state index is 12.2. The molecule has 0 aliphatic carbocycles. The number of carbonyl (C=O) groups excluding carboxylic acids is 1. The van der Waals surface area contributed by atoms with E-state index in [0.29, 0.717) is 37.6 Å². The molecule has 19 heavy (non-hydrogen) atoms. The third-order valence-corrected chi connectivity index (χ3v) is 2.80. The van der Waals surface area contributed by atoms with Crippen LogP contribution >= 0.6 is 0 Å². The molecule has 0 radical (unpaired) electrons. The van der Waals surface area contributed by atoms with Crippen LogP contribution in [-0.2, 0) is 4.74 Å². The molecule has 0 spiro atoms. The zero-order chi connectivity index (χ0) is 13.5. The lowest BCUT2D eigenvalue weighted by molar-refractivity contribution is 0.0735. The van der Waals surface area contributed by atoms with Crippen LogP contribution < -0.4 is 0 Å². The van der Waals surface area contributed by atoms with E-state index < -0.39 is 0 Å². The van der Waals surface area contributed by atoms with Crippen molar-refractivity contribution in [3.63, 3.8) is 0 Å². The predicted molar refractivity (Wildman–Crippen MR) is 69.5 cm³/mol. The second-order valence-corrected chi connectivity index (χ2v) is 4.15. The Labute approximate surface area is 112 Å². The van der Waals surface area contributed by atoms with Crippen molar-refractivity contribution < 1.29 is 14.6 Å². The molecule has 1 saturated heterocycles. The fraction of sp³-hybridized carbons (Fsp3) is 0.429. The minimum absolute atomic E-state index is 0.0767. The molecule has 1 N–H and O–H groups in total. The largest absolute Gasteiger partial charge is 0.384 e. The Balaban J connectivity index is 2.06. The molecule has 0 saturated carbocycles. The van der Waals surface area contributed by atoms with E-state index in [1.54, 1.807) is 23.2 Å². The molecular weight excluding hydrogens is 244 g/mol. The van der Waals surface area contributed by atoms with Gasteiger partial charge in [0.05, 0.1) is 6.61 Å². The Morgan fingerprint density at radius 1 is 1.42 bits per heavy atom. The number of hydrogen-bond acceptors (Lipinski definition) is 4. The van der Waals surface area contributed by atoms with Gasteiger partial charge in [-0.2, -0.15) is 0 Å². The maximum absolute atomic E-state index is 12.2. The minimum atomic E-state index is -0.186. The molecule has 0 atom stereocenters. The van der Waals surface area contributed by atoms with Gasteiger partial charge in [0.2, 0.25) is 0 Å². The third kappa shape index (κ3) is 3.78. The number of aromatic nitrogens is 1. The molecule has 1 fully saturated rings. The predicted octanol–water partition coefficient (Wildman–Crippen LogP) is 0.288. The molecule has 2 heterocycles. The van der Waals surface area contributed by atoms with Crippen LogP contribution in [0.15, 0.2) is 18.3 Å². The average Bonchev–Trinajstić information content (AvgIpc) is 2.74. The standard InChI is InChI=1S/C14H16N2O3/c17-8-1-3-12-4-5-13(15-11-12)14(18)16-6-2-9-19-10-7-16/h4-5,11,17H,2,6-10H2. The summed E-state index contributed by atoms with van der Waals surface area (Å²) in [4.78, 5) is 18.1. The lowest BCUT2D eigenvalue weighted by Gasteiger charge is -2.18. The van der Waals surface area contributed by atoms with Crippen LogP contribution in [0.25, 0.3) is 0 Å². The van der Waals surface area contributed by atoms with Gasteiger partial charge in [-0.1, -0.05) is 11.8 Å². The molecule has 1 aliphatic heterocycles. The monoisotopic (exact) mass is 260 g/mol. The molecule has 1 amide bonds. The normalized spacial score (nSPS) is 15.3. The Kier molecular flexibility index (Phi) is 4.90. The van der Waals surface area contributed by atoms with Crippen LogP contribution in [0, 0.1) is 11.8 Å². The van der Waals surface area contributed by atoms with Gasteiger partial charge in [0.15, 0.2) is 0 Å². The lowest BCUT2D eigenvalue weighted by atomic mass is 10.2. The van der Waals surface area contributed by atoms with Crippen molar-refractivity contribution in [3.05, 3.63) is 29.6 Å². The molecule has 1 aliphatic rings. The average molecular weight is 260 g/mol. The molecule has 1 aromatic rings. The first-order valence-corrected chi connectivity index (χ1v) is 6.24. The van der Waals surface area contributed by atoms with E-state index in [4.69, 9.17) is 9.84 Å². The summed E-state index contributed by atoms with van der Waals surface area (Å²) in [6, 6.07) is 3.40. The minimum Gasteiger partial charge on any atom is -0.384 e. The first-order valence-electron chi connectivity index (χ1n) is 6.24. The van der Waals surface area contributed by atoms with Gasteiger partial charge in [0, 0.05) is 31.5 Å². The summed E-state index contributed by atoms with van der Waals surface area (Å²) in [6.07, 6.45) is 2.40. The van der Waals surface area contributed by atoms with Gasteiger partial charge in [-0.15, -0.1) is 0 Å². The van der Waals surface area contributed by atoms with Crippen molar-refractivity contribution in [1.29, 1.82) is 0 Å². The number of aliphatic hydroxyl groups is 1. The highest BCUT2D eigenvalue weighted by Gasteiger charge is 2.18. The lowest BCUT2D eigenvalue weighted by Crippen LogP contribution is -2.33. The number of hydrogen-bond donors (Lipinski definition) is 1. The number of aliphatic hydroxyl groups excluding tert-OH is 1. The smallest absolute Gasteiger partial charge is 0.272 e. The Bertz CT molecular complexity index is 480. The molecule has 5 heteroatoms. The fourth-order valence-electron chi connectivity index (χ4n) is 1.85. The zero-order valence-electron chi connectivity index (χ0n) is 10.6. The number of carbonyl (C=O) groups is 1. The summed E-state index contributed by atoms with van der Waals surface area (Å²) in [5, 5.41) is 8.60. The first-order chi connectivity index (χ1) is 9.31. The quantitative estimate of drug-likeness (QED) is 0.737. The number of ether oxygens (including phenoxy) is 1. The van der Waals surface area contributed by atoms with E-state index >= 15 is 0 Å². The van der Waals surface area contributed by atoms with Gasteiger partial charge in [-0.3, -0.25) is 4.79 Å². The summed E-state index contributed by atoms with van der Waals surface area (Å²) in [5.74, 6) is 5.20. The van der Waals surface area contributed by atoms with Crippen molar-refractivity contribution in [2.24, 2.45) is 0 Å². The van der Waals surface area contributed by atoms with E-state index in [1.165, 1.54) is 0 Å². The number of pyridine rings is 1. The van der Waals surface area contributed by atoms with Crippen LogP contribution in [0.4, 0.5) is 0 Å². The number of amides is 1. The highest BCUT2D eigenvalue weighted by Crippen LogP contribution is 2.06. The second-order valence-electron chi connectivity index (χ2n) is 4.15. The van der Waals surface area contributed by atoms with Crippen LogP contribution in [0.2, 0.25) is 0 Å². The van der Waals surface area contributed by atoms with Crippen molar-refractivity contribution in [2.75, 3.05) is 32.9 Å². The zero-order valence-corrected chi connectivity index (χ0v) is 10.6. The van der Waals surface area contributed by atoms with Gasteiger partial charge < -0.3 is 14.7 Å². The number of nitrogens with zero attached hydrogens (tertiary/aromatic N) is 2. The maximum Gasteiger partial charge on any atom is 0.272 e. The summed E-state index contributed by atoms with van der Waals surface area (Å²) in [5.41, 5.74) is 1.10. The molecule has 0 unspecified atom stereocenters. The third-order valence-electron chi connectivity index (χ3n) is 2.80. The van der Waals surface area contributed by atoms with Crippen molar-refractivity contribution in [3.8, 4) is 11.8 Å². The van der Waals surface area contributed by atoms with E-state index in [1.807, 2.05) is 0 Å². The SMILES string of the molecule is O=C(c1ccc(C#CCO)cn1)N1CCCOCC1. The van der Waals surface area contributed by atoms with Gasteiger partial charge in [-0.25, -0.2) is 4.98 Å². The fourth-order valence-corrected chi connectivity index (χ4v) is 1.85. The van der Waals surface area contributed by atoms with Gasteiger partial charge in [0.1, 0.15) is 12.3 Å². The first kappa shape index (κ1) is 13.5. The Morgan fingerprint density at radius 3 is 3.05 bits per heavy atom. The molecule has 0 bridgehead atoms. The van der Waals surface area contributed by atoms with Crippen molar-refractivity contribution >= 4 is 5.91 Å². The molecule has 1 aromatic heterocycles. The molecule has 2 rings (SSSR count). The summed E-state index contributed by atoms with van der Waals surface area (Å²) >= 11 is 0. The van der Waals surface area contributed by atoms with Gasteiger partial charge in [-0.05, 0) is 18.6 Å². The molecule has 5 nitrogen and oxygen atoms in total. The van der Waals surface area contributed by atoms with Gasteiger partial charge >= 0.3 is 0 Å². The Morgan fingerprint density at radius 2 is 2.32 bits per heavy atom. The summed E-state index contributed by atoms with van der Waals surface area (Å²) < 4.78 is 5.32. The molecule has 100 valence electrons. The van der Waals surface area contributed by atoms with Gasteiger partial charge in [0.25, 0.3) is 5.91 Å². The van der Waals surface area contributed by atoms with Crippen LogP contribution in [0.5, 0.6) is 0 Å². The van der Waals surface area contributed by atoms with E-state index in [-0.39, 0.29) is 12.5 Å². The Hall–Kier alpha value is -1.90. The van der Waals surface area contributed by atoms with Crippen LogP contribution in [0.1, 0.15) is 22.5 Å². The molecule has 0 aromatic carbocycles. The van der Waals surface area contributed by atoms with E-state index in [2.05, 4.69) is 16.8 Å². The highest BCUT2D eigenvalue weighted by molar-refractivity contribution is 5.92. The second kappa shape index (κ2) is 6.88.